The zero-order chi connectivity index (χ0) is 32.3. The maximum absolute atomic E-state index is 14.2. The molecule has 3 fully saturated rings. The quantitative estimate of drug-likeness (QED) is 0.238. The summed E-state index contributed by atoms with van der Waals surface area (Å²) in [7, 11) is -3.39. The zero-order valence-corrected chi connectivity index (χ0v) is 27.3. The van der Waals surface area contributed by atoms with Gasteiger partial charge in [-0.1, -0.05) is 66.7 Å². The molecule has 0 aromatic rings. The van der Waals surface area contributed by atoms with Gasteiger partial charge in [0.1, 0.15) is 21.9 Å². The van der Waals surface area contributed by atoms with Gasteiger partial charge in [0.25, 0.3) is 5.91 Å². The molecule has 43 heavy (non-hydrogen) atoms. The number of Topliss-reactive ketones (excluding diaryl/α,β-unsaturated/α-hetero) is 1. The number of carbonyl (C=O) groups is 5. The number of urea groups is 1. The average Bonchev–Trinajstić information content (AvgIpc) is 3.57. The van der Waals surface area contributed by atoms with E-state index in [0.717, 1.165) is 38.4 Å². The van der Waals surface area contributed by atoms with Crippen LogP contribution in [0, 0.1) is 23.2 Å². The lowest BCUT2D eigenvalue weighted by Crippen LogP contribution is -2.63. The van der Waals surface area contributed by atoms with Crippen molar-refractivity contribution in [2.45, 2.75) is 116 Å². The molecule has 244 valence electrons. The van der Waals surface area contributed by atoms with Gasteiger partial charge in [0.2, 0.25) is 17.6 Å². The minimum Gasteiger partial charge on any atom is -0.363 e. The molecule has 2 saturated carbocycles. The second kappa shape index (κ2) is 13.5. The molecule has 0 spiro atoms. The zero-order valence-electron chi connectivity index (χ0n) is 26.5. The topological polar surface area (TPSA) is 185 Å². The van der Waals surface area contributed by atoms with Crippen LogP contribution >= 0.6 is 0 Å². The van der Waals surface area contributed by atoms with Crippen LogP contribution in [-0.2, 0) is 29.0 Å². The van der Waals surface area contributed by atoms with Gasteiger partial charge >= 0.3 is 6.03 Å². The normalized spacial score (nSPS) is 23.7. The van der Waals surface area contributed by atoms with E-state index in [2.05, 4.69) is 16.0 Å². The lowest BCUT2D eigenvalue weighted by atomic mass is 9.83. The fraction of sp³-hybridized carbons (Fsp3) is 0.833. The van der Waals surface area contributed by atoms with Crippen LogP contribution in [0.4, 0.5) is 4.79 Å². The highest BCUT2D eigenvalue weighted by molar-refractivity contribution is 7.90. The molecule has 0 aromatic heterocycles. The average molecular weight is 626 g/mol. The SMILES string of the molecule is CC(C)C1CC(C(=O)NC(CC2CC2)C(=O)C(N)=O)N(C(=O)C(NC(=O)NC2(CS(C)(=O)=O)CCCCC2)C(C)(C)C)C1. The molecule has 2 aliphatic carbocycles. The number of hydrogen-bond acceptors (Lipinski definition) is 7. The maximum atomic E-state index is 14.2. The molecular formula is C30H51N5O7S. The monoisotopic (exact) mass is 625 g/mol. The molecule has 5 N–H and O–H groups in total. The van der Waals surface area contributed by atoms with Gasteiger partial charge in [-0.05, 0) is 48.9 Å². The highest BCUT2D eigenvalue weighted by Crippen LogP contribution is 2.35. The summed E-state index contributed by atoms with van der Waals surface area (Å²) < 4.78 is 24.5. The summed E-state index contributed by atoms with van der Waals surface area (Å²) in [5.74, 6) is -2.71. The second-order valence-electron chi connectivity index (χ2n) is 14.5. The third-order valence-electron chi connectivity index (χ3n) is 9.12. The van der Waals surface area contributed by atoms with E-state index in [1.807, 2.05) is 34.6 Å². The summed E-state index contributed by atoms with van der Waals surface area (Å²) in [6.45, 7) is 9.75. The van der Waals surface area contributed by atoms with Gasteiger partial charge in [0.05, 0.1) is 17.3 Å². The first-order valence-corrected chi connectivity index (χ1v) is 17.6. The largest absolute Gasteiger partial charge is 0.363 e. The van der Waals surface area contributed by atoms with Crippen molar-refractivity contribution in [1.29, 1.82) is 0 Å². The van der Waals surface area contributed by atoms with Gasteiger partial charge in [-0.25, -0.2) is 13.2 Å². The lowest BCUT2D eigenvalue weighted by Gasteiger charge is -2.40. The van der Waals surface area contributed by atoms with Gasteiger partial charge < -0.3 is 26.6 Å². The third-order valence-corrected chi connectivity index (χ3v) is 10.2. The number of likely N-dealkylation sites (tertiary alicyclic amines) is 1. The molecule has 4 unspecified atom stereocenters. The number of nitrogens with two attached hydrogens (primary N) is 1. The Morgan fingerprint density at radius 3 is 2.09 bits per heavy atom. The van der Waals surface area contributed by atoms with Crippen LogP contribution in [0.1, 0.15) is 92.4 Å². The van der Waals surface area contributed by atoms with Crippen molar-refractivity contribution in [2.24, 2.45) is 28.9 Å². The van der Waals surface area contributed by atoms with Crippen molar-refractivity contribution >= 4 is 39.4 Å². The summed E-state index contributed by atoms with van der Waals surface area (Å²) in [6, 6.07) is -3.60. The minimum absolute atomic E-state index is 0.00291. The predicted molar refractivity (Wildman–Crippen MR) is 162 cm³/mol. The van der Waals surface area contributed by atoms with Crippen molar-refractivity contribution in [1.82, 2.24) is 20.9 Å². The summed E-state index contributed by atoms with van der Waals surface area (Å²) in [5, 5.41) is 8.45. The summed E-state index contributed by atoms with van der Waals surface area (Å²) in [6.07, 6.45) is 7.26. The molecule has 1 saturated heterocycles. The first-order valence-electron chi connectivity index (χ1n) is 15.5. The van der Waals surface area contributed by atoms with Crippen molar-refractivity contribution in [3.8, 4) is 0 Å². The van der Waals surface area contributed by atoms with Crippen LogP contribution in [0.3, 0.4) is 0 Å². The molecule has 0 radical (unpaired) electrons. The number of amides is 5. The Morgan fingerprint density at radius 1 is 1.00 bits per heavy atom. The summed E-state index contributed by atoms with van der Waals surface area (Å²) >= 11 is 0. The predicted octanol–water partition coefficient (Wildman–Crippen LogP) is 1.66. The van der Waals surface area contributed by atoms with Gasteiger partial charge in [0, 0.05) is 12.8 Å². The Kier molecular flexibility index (Phi) is 10.9. The number of hydrogen-bond donors (Lipinski definition) is 4. The highest BCUT2D eigenvalue weighted by atomic mass is 32.2. The fourth-order valence-electron chi connectivity index (χ4n) is 6.46. The van der Waals surface area contributed by atoms with E-state index in [-0.39, 0.29) is 23.5 Å². The Balaban J connectivity index is 1.83. The number of nitrogens with zero attached hydrogens (tertiary/aromatic N) is 1. The highest BCUT2D eigenvalue weighted by Gasteiger charge is 2.47. The van der Waals surface area contributed by atoms with Crippen molar-refractivity contribution in [2.75, 3.05) is 18.6 Å². The van der Waals surface area contributed by atoms with Crippen molar-refractivity contribution in [3.63, 3.8) is 0 Å². The fourth-order valence-corrected chi connectivity index (χ4v) is 7.82. The number of sulfone groups is 1. The first kappa shape index (κ1) is 34.8. The van der Waals surface area contributed by atoms with Crippen LogP contribution in [0.15, 0.2) is 0 Å². The lowest BCUT2D eigenvalue weighted by molar-refractivity contribution is -0.143. The van der Waals surface area contributed by atoms with E-state index < -0.39 is 68.5 Å². The van der Waals surface area contributed by atoms with Gasteiger partial charge in [-0.3, -0.25) is 19.2 Å². The molecular weight excluding hydrogens is 574 g/mol. The number of ketones is 1. The summed E-state index contributed by atoms with van der Waals surface area (Å²) in [4.78, 5) is 66.9. The first-order chi connectivity index (χ1) is 19.8. The Bertz CT molecular complexity index is 1190. The Labute approximate surface area is 255 Å². The number of rotatable bonds is 12. The van der Waals surface area contributed by atoms with E-state index in [1.165, 1.54) is 4.90 Å². The standard InChI is InChI=1S/C30H51N5O7S/c1-18(2)20-15-22(26(38)32-21(14-19-10-11-19)23(36)25(31)37)35(16-20)27(39)24(29(3,4)5)33-28(40)34-30(17-43(6,41)42)12-8-7-9-13-30/h18-22,24H,7-17H2,1-6H3,(H2,31,37)(H,32,38)(H2,33,34,40). The molecule has 12 nitrogen and oxygen atoms in total. The van der Waals surface area contributed by atoms with E-state index in [9.17, 15) is 32.4 Å². The smallest absolute Gasteiger partial charge is 0.315 e. The molecule has 4 atom stereocenters. The van der Waals surface area contributed by atoms with Gasteiger partial charge in [-0.15, -0.1) is 0 Å². The third kappa shape index (κ3) is 9.64. The van der Waals surface area contributed by atoms with Crippen LogP contribution in [-0.4, -0.2) is 85.1 Å². The molecule has 0 bridgehead atoms. The molecule has 1 heterocycles. The van der Waals surface area contributed by atoms with Crippen LogP contribution in [0.2, 0.25) is 0 Å². The van der Waals surface area contributed by atoms with Crippen molar-refractivity contribution in [3.05, 3.63) is 0 Å². The van der Waals surface area contributed by atoms with Crippen LogP contribution < -0.4 is 21.7 Å². The number of nitrogens with one attached hydrogen (secondary N) is 3. The van der Waals surface area contributed by atoms with Crippen LogP contribution in [0.5, 0.6) is 0 Å². The van der Waals surface area contributed by atoms with Gasteiger partial charge in [0.15, 0.2) is 0 Å². The number of primary amides is 1. The minimum atomic E-state index is -3.39. The van der Waals surface area contributed by atoms with E-state index >= 15 is 0 Å². The Hall–Kier alpha value is -2.70. The molecule has 0 aromatic carbocycles. The maximum Gasteiger partial charge on any atom is 0.315 e. The molecule has 3 rings (SSSR count). The van der Waals surface area contributed by atoms with Crippen LogP contribution in [0.25, 0.3) is 0 Å². The van der Waals surface area contributed by atoms with E-state index in [0.29, 0.717) is 32.2 Å². The second-order valence-corrected chi connectivity index (χ2v) is 16.7. The van der Waals surface area contributed by atoms with E-state index in [4.69, 9.17) is 5.73 Å². The molecule has 5 amide bonds. The molecule has 13 heteroatoms. The molecule has 1 aliphatic heterocycles. The van der Waals surface area contributed by atoms with Gasteiger partial charge in [-0.2, -0.15) is 0 Å². The molecule has 3 aliphatic rings. The summed E-state index contributed by atoms with van der Waals surface area (Å²) in [5.41, 5.74) is 3.60. The van der Waals surface area contributed by atoms with E-state index in [1.54, 1.807) is 0 Å². The van der Waals surface area contributed by atoms with Crippen molar-refractivity contribution < 1.29 is 32.4 Å². The Morgan fingerprint density at radius 2 is 1.60 bits per heavy atom. The number of carbonyl (C=O) groups excluding carboxylic acids is 5.